The smallest absolute Gasteiger partial charge is 0.261 e. The normalized spacial score (nSPS) is 11.3. The van der Waals surface area contributed by atoms with Gasteiger partial charge in [0.2, 0.25) is 0 Å². The predicted molar refractivity (Wildman–Crippen MR) is 104 cm³/mol. The van der Waals surface area contributed by atoms with E-state index in [2.05, 4.69) is 26.2 Å². The second-order valence-corrected chi connectivity index (χ2v) is 6.65. The largest absolute Gasteiger partial charge is 0.507 e. The molecule has 3 aromatic rings. The van der Waals surface area contributed by atoms with Gasteiger partial charge in [-0.1, -0.05) is 34.1 Å². The predicted octanol–water partition coefficient (Wildman–Crippen LogP) is 3.90. The quantitative estimate of drug-likeness (QED) is 0.440. The maximum atomic E-state index is 12.3. The molecule has 0 fully saturated rings. The van der Waals surface area contributed by atoms with E-state index in [0.29, 0.717) is 18.5 Å². The lowest BCUT2D eigenvalue weighted by atomic mass is 10.1. The van der Waals surface area contributed by atoms with Crippen LogP contribution in [-0.2, 0) is 11.2 Å². The highest BCUT2D eigenvalue weighted by Gasteiger charge is 2.11. The van der Waals surface area contributed by atoms with Gasteiger partial charge < -0.3 is 15.4 Å². The number of nitrogens with one attached hydrogen (secondary N) is 2. The van der Waals surface area contributed by atoms with Gasteiger partial charge in [0.1, 0.15) is 17.4 Å². The number of aromatic amines is 1. The van der Waals surface area contributed by atoms with E-state index in [-0.39, 0.29) is 11.3 Å². The number of aromatic hydroxyl groups is 1. The number of H-pyrrole nitrogens is 1. The number of benzene rings is 2. The van der Waals surface area contributed by atoms with Crippen LogP contribution in [0, 0.1) is 11.3 Å². The van der Waals surface area contributed by atoms with Crippen molar-refractivity contribution in [1.29, 1.82) is 5.26 Å². The topological polar surface area (TPSA) is 88.9 Å². The molecule has 0 aliphatic carbocycles. The van der Waals surface area contributed by atoms with Gasteiger partial charge in [-0.15, -0.1) is 0 Å². The fourth-order valence-electron chi connectivity index (χ4n) is 2.69. The number of nitrogens with zero attached hydrogens (tertiary/aromatic N) is 1. The van der Waals surface area contributed by atoms with E-state index in [1.165, 1.54) is 12.1 Å². The maximum Gasteiger partial charge on any atom is 0.261 e. The molecule has 0 radical (unpaired) electrons. The molecule has 130 valence electrons. The van der Waals surface area contributed by atoms with Gasteiger partial charge in [-0.3, -0.25) is 4.79 Å². The number of hydrogen-bond acceptors (Lipinski definition) is 3. The standard InChI is InChI=1S/C20H16BrN3O2/c21-16-5-6-19(25)14(10-16)9-15(11-22)20(26)23-8-7-13-12-24-18-4-2-1-3-17(13)18/h1-6,9-10,12,24-25H,7-8H2,(H,23,26)/b15-9-. The van der Waals surface area contributed by atoms with Crippen molar-refractivity contribution in [2.75, 3.05) is 6.54 Å². The molecule has 0 atom stereocenters. The summed E-state index contributed by atoms with van der Waals surface area (Å²) in [5, 5.41) is 23.0. The Hall–Kier alpha value is -3.04. The van der Waals surface area contributed by atoms with Crippen LogP contribution >= 0.6 is 15.9 Å². The number of carbonyl (C=O) groups is 1. The molecular formula is C20H16BrN3O2. The molecule has 1 aromatic heterocycles. The van der Waals surface area contributed by atoms with E-state index in [9.17, 15) is 15.2 Å². The van der Waals surface area contributed by atoms with Crippen molar-refractivity contribution in [2.45, 2.75) is 6.42 Å². The molecule has 0 spiro atoms. The second-order valence-electron chi connectivity index (χ2n) is 5.74. The molecule has 0 saturated heterocycles. The molecule has 3 N–H and O–H groups in total. The van der Waals surface area contributed by atoms with Gasteiger partial charge >= 0.3 is 0 Å². The summed E-state index contributed by atoms with van der Waals surface area (Å²) in [7, 11) is 0. The number of fused-ring (bicyclic) bond motifs is 1. The van der Waals surface area contributed by atoms with E-state index in [1.807, 2.05) is 36.5 Å². The van der Waals surface area contributed by atoms with Gasteiger partial charge in [-0.2, -0.15) is 5.26 Å². The first-order valence-corrected chi connectivity index (χ1v) is 8.81. The average Bonchev–Trinajstić information content (AvgIpc) is 3.05. The summed E-state index contributed by atoms with van der Waals surface area (Å²) in [6.07, 6.45) is 3.95. The molecular weight excluding hydrogens is 394 g/mol. The summed E-state index contributed by atoms with van der Waals surface area (Å²) in [6.45, 7) is 0.407. The van der Waals surface area contributed by atoms with E-state index >= 15 is 0 Å². The number of phenols is 1. The maximum absolute atomic E-state index is 12.3. The lowest BCUT2D eigenvalue weighted by Gasteiger charge is -2.05. The first-order valence-electron chi connectivity index (χ1n) is 8.02. The Kier molecular flexibility index (Phi) is 5.40. The molecule has 2 aromatic carbocycles. The Bertz CT molecular complexity index is 1030. The molecule has 26 heavy (non-hydrogen) atoms. The van der Waals surface area contributed by atoms with Crippen molar-refractivity contribution in [3.63, 3.8) is 0 Å². The molecule has 3 rings (SSSR count). The Morgan fingerprint density at radius 3 is 2.92 bits per heavy atom. The first kappa shape index (κ1) is 17.8. The van der Waals surface area contributed by atoms with Crippen LogP contribution in [0.4, 0.5) is 0 Å². The minimum atomic E-state index is -0.466. The van der Waals surface area contributed by atoms with Crippen molar-refractivity contribution in [3.05, 3.63) is 69.8 Å². The number of aromatic nitrogens is 1. The van der Waals surface area contributed by atoms with E-state index < -0.39 is 5.91 Å². The monoisotopic (exact) mass is 409 g/mol. The van der Waals surface area contributed by atoms with Crippen LogP contribution < -0.4 is 5.32 Å². The van der Waals surface area contributed by atoms with Gasteiger partial charge in [0.05, 0.1) is 0 Å². The zero-order chi connectivity index (χ0) is 18.5. The number of carbonyl (C=O) groups excluding carboxylic acids is 1. The summed E-state index contributed by atoms with van der Waals surface area (Å²) in [6, 6.07) is 14.7. The van der Waals surface area contributed by atoms with Crippen molar-refractivity contribution in [3.8, 4) is 11.8 Å². The number of halogens is 1. The first-order chi connectivity index (χ1) is 12.6. The zero-order valence-electron chi connectivity index (χ0n) is 13.8. The Labute approximate surface area is 159 Å². The summed E-state index contributed by atoms with van der Waals surface area (Å²) < 4.78 is 0.749. The highest BCUT2D eigenvalue weighted by molar-refractivity contribution is 9.10. The summed E-state index contributed by atoms with van der Waals surface area (Å²) in [4.78, 5) is 15.5. The number of nitriles is 1. The molecule has 5 nitrogen and oxygen atoms in total. The number of para-hydroxylation sites is 1. The molecule has 0 unspecified atom stereocenters. The molecule has 1 heterocycles. The summed E-state index contributed by atoms with van der Waals surface area (Å²) in [5.74, 6) is -0.459. The van der Waals surface area contributed by atoms with Crippen LogP contribution in [0.2, 0.25) is 0 Å². The third kappa shape index (κ3) is 3.95. The highest BCUT2D eigenvalue weighted by atomic mass is 79.9. The van der Waals surface area contributed by atoms with E-state index in [4.69, 9.17) is 0 Å². The number of rotatable bonds is 5. The number of phenolic OH excluding ortho intramolecular Hbond substituents is 1. The van der Waals surface area contributed by atoms with Crippen LogP contribution in [0.5, 0.6) is 5.75 Å². The fraction of sp³-hybridized carbons (Fsp3) is 0.100. The van der Waals surface area contributed by atoms with Crippen molar-refractivity contribution >= 4 is 38.8 Å². The van der Waals surface area contributed by atoms with Gasteiger partial charge in [0.25, 0.3) is 5.91 Å². The average molecular weight is 410 g/mol. The van der Waals surface area contributed by atoms with Crippen LogP contribution in [0.25, 0.3) is 17.0 Å². The third-order valence-corrected chi connectivity index (χ3v) is 4.50. The number of hydrogen-bond donors (Lipinski definition) is 3. The molecule has 1 amide bonds. The van der Waals surface area contributed by atoms with Gasteiger partial charge in [-0.25, -0.2) is 0 Å². The lowest BCUT2D eigenvalue weighted by molar-refractivity contribution is -0.117. The Balaban J connectivity index is 1.67. The van der Waals surface area contributed by atoms with Crippen LogP contribution in [-0.4, -0.2) is 22.5 Å². The second kappa shape index (κ2) is 7.89. The molecule has 0 saturated carbocycles. The van der Waals surface area contributed by atoms with Gasteiger partial charge in [0.15, 0.2) is 0 Å². The van der Waals surface area contributed by atoms with Crippen LogP contribution in [0.15, 0.2) is 58.7 Å². The SMILES string of the molecule is N#C/C(=C/c1cc(Br)ccc1O)C(=O)NCCc1c[nH]c2ccccc12. The van der Waals surface area contributed by atoms with Crippen molar-refractivity contribution in [2.24, 2.45) is 0 Å². The fourth-order valence-corrected chi connectivity index (χ4v) is 3.07. The molecule has 0 aliphatic rings. The lowest BCUT2D eigenvalue weighted by Crippen LogP contribution is -2.26. The van der Waals surface area contributed by atoms with Crippen molar-refractivity contribution in [1.82, 2.24) is 10.3 Å². The van der Waals surface area contributed by atoms with Crippen LogP contribution in [0.3, 0.4) is 0 Å². The van der Waals surface area contributed by atoms with E-state index in [0.717, 1.165) is 20.9 Å². The Morgan fingerprint density at radius 2 is 2.12 bits per heavy atom. The molecule has 0 aliphatic heterocycles. The van der Waals surface area contributed by atoms with Gasteiger partial charge in [-0.05, 0) is 42.3 Å². The number of amides is 1. The minimum Gasteiger partial charge on any atom is -0.507 e. The molecule has 6 heteroatoms. The van der Waals surface area contributed by atoms with Crippen molar-refractivity contribution < 1.29 is 9.90 Å². The highest BCUT2D eigenvalue weighted by Crippen LogP contribution is 2.24. The summed E-state index contributed by atoms with van der Waals surface area (Å²) >= 11 is 3.30. The molecule has 0 bridgehead atoms. The zero-order valence-corrected chi connectivity index (χ0v) is 15.4. The van der Waals surface area contributed by atoms with Gasteiger partial charge in [0, 0.05) is 33.7 Å². The summed E-state index contributed by atoms with van der Waals surface area (Å²) in [5.41, 5.74) is 2.50. The Morgan fingerprint density at radius 1 is 1.31 bits per heavy atom. The minimum absolute atomic E-state index is 0.00698. The van der Waals surface area contributed by atoms with E-state index in [1.54, 1.807) is 12.1 Å². The third-order valence-electron chi connectivity index (χ3n) is 4.01. The van der Waals surface area contributed by atoms with Crippen LogP contribution in [0.1, 0.15) is 11.1 Å².